The molecule has 18 heavy (non-hydrogen) atoms. The van der Waals surface area contributed by atoms with Crippen LogP contribution in [0.5, 0.6) is 0 Å². The lowest BCUT2D eigenvalue weighted by atomic mass is 9.97. The number of hydrogen-bond acceptors (Lipinski definition) is 4. The Bertz CT molecular complexity index is 449. The number of imidazole rings is 1. The van der Waals surface area contributed by atoms with Gasteiger partial charge in [0.1, 0.15) is 0 Å². The third kappa shape index (κ3) is 3.30. The first kappa shape index (κ1) is 13.5. The van der Waals surface area contributed by atoms with Crippen molar-refractivity contribution in [1.82, 2.24) is 19.6 Å². The van der Waals surface area contributed by atoms with Gasteiger partial charge in [-0.3, -0.25) is 0 Å². The van der Waals surface area contributed by atoms with E-state index < -0.39 is 10.0 Å². The lowest BCUT2D eigenvalue weighted by molar-refractivity contribution is 0.193. The number of likely N-dealkylation sites (tertiary alicyclic amines) is 1. The Balaban J connectivity index is 1.82. The van der Waals surface area contributed by atoms with Crippen LogP contribution in [0.1, 0.15) is 19.8 Å². The molecule has 7 heteroatoms. The van der Waals surface area contributed by atoms with Crippen LogP contribution >= 0.6 is 0 Å². The molecule has 1 aromatic rings. The lowest BCUT2D eigenvalue weighted by Gasteiger charge is -2.30. The number of nitrogens with zero attached hydrogens (tertiary/aromatic N) is 2. The molecule has 0 bridgehead atoms. The number of piperidine rings is 1. The van der Waals surface area contributed by atoms with Crippen LogP contribution in [0.4, 0.5) is 0 Å². The maximum absolute atomic E-state index is 11.9. The van der Waals surface area contributed by atoms with E-state index >= 15 is 0 Å². The van der Waals surface area contributed by atoms with Crippen LogP contribution < -0.4 is 4.72 Å². The van der Waals surface area contributed by atoms with E-state index in [0.717, 1.165) is 32.5 Å². The predicted octanol–water partition coefficient (Wildman–Crippen LogP) is 0.420. The summed E-state index contributed by atoms with van der Waals surface area (Å²) < 4.78 is 26.4. The number of sulfonamides is 1. The van der Waals surface area contributed by atoms with Crippen molar-refractivity contribution >= 4 is 10.0 Å². The van der Waals surface area contributed by atoms with Crippen LogP contribution in [0, 0.1) is 5.92 Å². The average Bonchev–Trinajstić information content (AvgIpc) is 2.92. The van der Waals surface area contributed by atoms with Crippen LogP contribution in [0.2, 0.25) is 0 Å². The van der Waals surface area contributed by atoms with E-state index in [2.05, 4.69) is 26.5 Å². The number of H-pyrrole nitrogens is 1. The summed E-state index contributed by atoms with van der Waals surface area (Å²) in [6, 6.07) is 0. The molecule has 0 radical (unpaired) electrons. The summed E-state index contributed by atoms with van der Waals surface area (Å²) >= 11 is 0. The monoisotopic (exact) mass is 272 g/mol. The molecule has 2 rings (SSSR count). The smallest absolute Gasteiger partial charge is 0.257 e. The maximum Gasteiger partial charge on any atom is 0.257 e. The minimum atomic E-state index is -3.42. The molecule has 1 aromatic heterocycles. The van der Waals surface area contributed by atoms with Crippen molar-refractivity contribution in [2.24, 2.45) is 5.92 Å². The van der Waals surface area contributed by atoms with Gasteiger partial charge in [-0.1, -0.05) is 6.92 Å². The molecule has 0 spiro atoms. The third-order valence-corrected chi connectivity index (χ3v) is 4.83. The fourth-order valence-corrected chi connectivity index (χ4v) is 3.22. The fourth-order valence-electron chi connectivity index (χ4n) is 2.20. The Morgan fingerprint density at radius 2 is 2.22 bits per heavy atom. The topological polar surface area (TPSA) is 78.1 Å². The molecule has 1 fully saturated rings. The van der Waals surface area contributed by atoms with Crippen molar-refractivity contribution < 1.29 is 8.42 Å². The first-order valence-corrected chi connectivity index (χ1v) is 7.80. The molecule has 0 amide bonds. The van der Waals surface area contributed by atoms with Crippen molar-refractivity contribution in [2.75, 3.05) is 26.2 Å². The summed E-state index contributed by atoms with van der Waals surface area (Å²) in [5.74, 6) is 0.436. The molecule has 1 saturated heterocycles. The van der Waals surface area contributed by atoms with E-state index in [1.807, 2.05) is 0 Å². The SMILES string of the molecule is CCN1CCC(CNS(=O)(=O)c2cnc[nH]2)CC1. The Morgan fingerprint density at radius 3 is 2.78 bits per heavy atom. The van der Waals surface area contributed by atoms with E-state index in [-0.39, 0.29) is 5.03 Å². The van der Waals surface area contributed by atoms with Crippen molar-refractivity contribution in [1.29, 1.82) is 0 Å². The quantitative estimate of drug-likeness (QED) is 0.814. The highest BCUT2D eigenvalue weighted by atomic mass is 32.2. The normalized spacial score (nSPS) is 19.2. The molecule has 6 nitrogen and oxygen atoms in total. The van der Waals surface area contributed by atoms with Gasteiger partial charge in [-0.2, -0.15) is 0 Å². The average molecular weight is 272 g/mol. The fraction of sp³-hybridized carbons (Fsp3) is 0.727. The van der Waals surface area contributed by atoms with Crippen LogP contribution in [0.3, 0.4) is 0 Å². The molecule has 0 saturated carbocycles. The Morgan fingerprint density at radius 1 is 1.50 bits per heavy atom. The Labute approximate surface area is 108 Å². The van der Waals surface area contributed by atoms with Crippen LogP contribution in [-0.2, 0) is 10.0 Å². The summed E-state index contributed by atoms with van der Waals surface area (Å²) in [5, 5.41) is 0.133. The Hall–Kier alpha value is -0.920. The molecule has 0 atom stereocenters. The molecule has 1 aliphatic rings. The maximum atomic E-state index is 11.9. The molecule has 102 valence electrons. The van der Waals surface area contributed by atoms with E-state index in [4.69, 9.17) is 0 Å². The summed E-state index contributed by atoms with van der Waals surface area (Å²) in [7, 11) is -3.42. The summed E-state index contributed by atoms with van der Waals surface area (Å²) in [5.41, 5.74) is 0. The highest BCUT2D eigenvalue weighted by Crippen LogP contribution is 2.16. The van der Waals surface area contributed by atoms with Crippen molar-refractivity contribution in [2.45, 2.75) is 24.8 Å². The zero-order valence-corrected chi connectivity index (χ0v) is 11.4. The van der Waals surface area contributed by atoms with Gasteiger partial charge in [0.25, 0.3) is 10.0 Å². The molecule has 2 N–H and O–H groups in total. The lowest BCUT2D eigenvalue weighted by Crippen LogP contribution is -2.38. The first-order valence-electron chi connectivity index (χ1n) is 6.32. The Kier molecular flexibility index (Phi) is 4.36. The van der Waals surface area contributed by atoms with Crippen molar-refractivity contribution in [3.63, 3.8) is 0 Å². The van der Waals surface area contributed by atoms with Crippen LogP contribution in [0.25, 0.3) is 0 Å². The summed E-state index contributed by atoms with van der Waals surface area (Å²) in [6.07, 6.45) is 4.80. The van der Waals surface area contributed by atoms with Gasteiger partial charge in [0.2, 0.25) is 0 Å². The molecular weight excluding hydrogens is 252 g/mol. The van der Waals surface area contributed by atoms with Gasteiger partial charge in [0, 0.05) is 6.54 Å². The minimum Gasteiger partial charge on any atom is -0.335 e. The molecule has 2 heterocycles. The highest BCUT2D eigenvalue weighted by Gasteiger charge is 2.21. The number of hydrogen-bond donors (Lipinski definition) is 2. The highest BCUT2D eigenvalue weighted by molar-refractivity contribution is 7.89. The minimum absolute atomic E-state index is 0.133. The van der Waals surface area contributed by atoms with E-state index in [1.165, 1.54) is 12.5 Å². The standard InChI is InChI=1S/C11H20N4O2S/c1-2-15-5-3-10(4-6-15)7-14-18(16,17)11-8-12-9-13-11/h8-10,14H,2-7H2,1H3,(H,12,13). The number of aromatic amines is 1. The van der Waals surface area contributed by atoms with Crippen LogP contribution in [-0.4, -0.2) is 49.5 Å². The van der Waals surface area contributed by atoms with Crippen molar-refractivity contribution in [3.8, 4) is 0 Å². The molecule has 0 aromatic carbocycles. The van der Waals surface area contributed by atoms with Gasteiger partial charge in [0.05, 0.1) is 12.5 Å². The van der Waals surface area contributed by atoms with Gasteiger partial charge in [0.15, 0.2) is 5.03 Å². The number of rotatable bonds is 5. The zero-order chi connectivity index (χ0) is 13.0. The van der Waals surface area contributed by atoms with E-state index in [9.17, 15) is 8.42 Å². The summed E-state index contributed by atoms with van der Waals surface area (Å²) in [4.78, 5) is 8.72. The number of nitrogens with one attached hydrogen (secondary N) is 2. The second-order valence-electron chi connectivity index (χ2n) is 4.65. The van der Waals surface area contributed by atoms with Gasteiger partial charge in [-0.05, 0) is 38.4 Å². The van der Waals surface area contributed by atoms with Gasteiger partial charge in [-0.15, -0.1) is 0 Å². The van der Waals surface area contributed by atoms with Gasteiger partial charge >= 0.3 is 0 Å². The third-order valence-electron chi connectivity index (χ3n) is 3.48. The van der Waals surface area contributed by atoms with Crippen molar-refractivity contribution in [3.05, 3.63) is 12.5 Å². The zero-order valence-electron chi connectivity index (χ0n) is 10.6. The van der Waals surface area contributed by atoms with Crippen LogP contribution in [0.15, 0.2) is 17.6 Å². The molecule has 0 unspecified atom stereocenters. The van der Waals surface area contributed by atoms with E-state index in [1.54, 1.807) is 0 Å². The molecular formula is C11H20N4O2S. The van der Waals surface area contributed by atoms with Gasteiger partial charge in [-0.25, -0.2) is 18.1 Å². The largest absolute Gasteiger partial charge is 0.335 e. The van der Waals surface area contributed by atoms with Gasteiger partial charge < -0.3 is 9.88 Å². The number of aromatic nitrogens is 2. The second-order valence-corrected chi connectivity index (χ2v) is 6.38. The first-order chi connectivity index (χ1) is 8.62. The molecule has 1 aliphatic heterocycles. The molecule has 0 aliphatic carbocycles. The predicted molar refractivity (Wildman–Crippen MR) is 68.6 cm³/mol. The van der Waals surface area contributed by atoms with E-state index in [0.29, 0.717) is 12.5 Å². The summed E-state index contributed by atoms with van der Waals surface area (Å²) in [6.45, 7) is 5.87. The second kappa shape index (κ2) is 5.81.